The summed E-state index contributed by atoms with van der Waals surface area (Å²) < 4.78 is 30.4. The molecule has 14 heavy (non-hydrogen) atoms. The van der Waals surface area contributed by atoms with Crippen LogP contribution in [0.1, 0.15) is 11.5 Å². The molecule has 3 N–H and O–H groups in total. The maximum Gasteiger partial charge on any atom is 0.246 e. The minimum Gasteiger partial charge on any atom is -0.360 e. The third-order valence-electron chi connectivity index (χ3n) is 1.67. The molecule has 1 rings (SSSR count). The van der Waals surface area contributed by atoms with Crippen LogP contribution in [0.5, 0.6) is 0 Å². The fraction of sp³-hybridized carbons (Fsp3) is 0.571. The van der Waals surface area contributed by atoms with Crippen LogP contribution in [-0.2, 0) is 10.0 Å². The quantitative estimate of drug-likeness (QED) is 0.713. The number of nitrogens with two attached hydrogens (primary N) is 1. The summed E-state index contributed by atoms with van der Waals surface area (Å²) in [5.74, 6) is 0.284. The normalized spacial score (nSPS) is 11.9. The maximum atomic E-state index is 11.6. The van der Waals surface area contributed by atoms with Gasteiger partial charge < -0.3 is 10.3 Å². The Kier molecular flexibility index (Phi) is 3.25. The summed E-state index contributed by atoms with van der Waals surface area (Å²) in [6.45, 7) is 3.58. The van der Waals surface area contributed by atoms with Crippen LogP contribution in [0.25, 0.3) is 0 Å². The first kappa shape index (κ1) is 11.2. The Hall–Kier alpha value is -0.920. The van der Waals surface area contributed by atoms with E-state index in [0.29, 0.717) is 5.69 Å². The van der Waals surface area contributed by atoms with E-state index in [1.165, 1.54) is 0 Å². The highest BCUT2D eigenvalue weighted by molar-refractivity contribution is 7.89. The molecule has 6 nitrogen and oxygen atoms in total. The van der Waals surface area contributed by atoms with Crippen molar-refractivity contribution in [1.29, 1.82) is 0 Å². The van der Waals surface area contributed by atoms with Crippen LogP contribution in [0.15, 0.2) is 9.42 Å². The molecule has 0 aromatic carbocycles. The van der Waals surface area contributed by atoms with Gasteiger partial charge in [0.2, 0.25) is 10.0 Å². The predicted octanol–water partition coefficient (Wildman–Crippen LogP) is -0.472. The van der Waals surface area contributed by atoms with E-state index in [9.17, 15) is 8.42 Å². The molecule has 0 aliphatic carbocycles. The van der Waals surface area contributed by atoms with E-state index in [-0.39, 0.29) is 23.7 Å². The molecule has 0 atom stereocenters. The smallest absolute Gasteiger partial charge is 0.246 e. The molecule has 1 aromatic heterocycles. The summed E-state index contributed by atoms with van der Waals surface area (Å²) in [7, 11) is -3.53. The van der Waals surface area contributed by atoms with Gasteiger partial charge in [-0.25, -0.2) is 13.1 Å². The molecule has 0 aliphatic heterocycles. The Bertz CT molecular complexity index is 390. The molecule has 0 saturated heterocycles. The fourth-order valence-corrected chi connectivity index (χ4v) is 2.50. The first-order chi connectivity index (χ1) is 6.49. The van der Waals surface area contributed by atoms with E-state index >= 15 is 0 Å². The topological polar surface area (TPSA) is 98.2 Å². The zero-order valence-electron chi connectivity index (χ0n) is 8.07. The summed E-state index contributed by atoms with van der Waals surface area (Å²) in [6.07, 6.45) is 0. The summed E-state index contributed by atoms with van der Waals surface area (Å²) in [5, 5.41) is 3.57. The molecular weight excluding hydrogens is 206 g/mol. The van der Waals surface area contributed by atoms with Gasteiger partial charge in [-0.05, 0) is 13.8 Å². The molecule has 0 saturated carbocycles. The number of nitrogens with one attached hydrogen (secondary N) is 1. The van der Waals surface area contributed by atoms with Crippen molar-refractivity contribution in [3.63, 3.8) is 0 Å². The first-order valence-corrected chi connectivity index (χ1v) is 5.60. The van der Waals surface area contributed by atoms with Crippen molar-refractivity contribution in [2.75, 3.05) is 13.1 Å². The van der Waals surface area contributed by atoms with Crippen molar-refractivity contribution >= 4 is 10.0 Å². The highest BCUT2D eigenvalue weighted by atomic mass is 32.2. The van der Waals surface area contributed by atoms with Gasteiger partial charge in [-0.1, -0.05) is 5.16 Å². The Morgan fingerprint density at radius 1 is 1.50 bits per heavy atom. The van der Waals surface area contributed by atoms with Gasteiger partial charge in [-0.2, -0.15) is 0 Å². The lowest BCUT2D eigenvalue weighted by Crippen LogP contribution is -2.29. The molecule has 0 unspecified atom stereocenters. The third-order valence-corrected chi connectivity index (χ3v) is 3.38. The Balaban J connectivity index is 3.04. The van der Waals surface area contributed by atoms with Crippen molar-refractivity contribution in [1.82, 2.24) is 9.88 Å². The molecule has 0 amide bonds. The predicted molar refractivity (Wildman–Crippen MR) is 50.2 cm³/mol. The second-order valence-corrected chi connectivity index (χ2v) is 4.54. The van der Waals surface area contributed by atoms with Crippen molar-refractivity contribution in [2.45, 2.75) is 18.7 Å². The fourth-order valence-electron chi connectivity index (χ4n) is 1.12. The number of hydrogen-bond donors (Lipinski definition) is 2. The van der Waals surface area contributed by atoms with Gasteiger partial charge in [0.15, 0.2) is 5.76 Å². The van der Waals surface area contributed by atoms with Crippen LogP contribution in [0.4, 0.5) is 0 Å². The Morgan fingerprint density at radius 2 is 2.14 bits per heavy atom. The molecule has 7 heteroatoms. The van der Waals surface area contributed by atoms with Crippen LogP contribution < -0.4 is 10.5 Å². The summed E-state index contributed by atoms with van der Waals surface area (Å²) in [5.41, 5.74) is 5.55. The zero-order chi connectivity index (χ0) is 10.8. The van der Waals surface area contributed by atoms with E-state index in [2.05, 4.69) is 9.88 Å². The van der Waals surface area contributed by atoms with Crippen LogP contribution in [-0.4, -0.2) is 26.7 Å². The molecule has 0 bridgehead atoms. The minimum absolute atomic E-state index is 0.103. The summed E-state index contributed by atoms with van der Waals surface area (Å²) >= 11 is 0. The highest BCUT2D eigenvalue weighted by Crippen LogP contribution is 2.17. The van der Waals surface area contributed by atoms with Crippen molar-refractivity contribution in [3.05, 3.63) is 11.5 Å². The molecule has 0 aliphatic rings. The molecule has 80 valence electrons. The van der Waals surface area contributed by atoms with Crippen LogP contribution in [0, 0.1) is 13.8 Å². The summed E-state index contributed by atoms with van der Waals surface area (Å²) in [4.78, 5) is 0.103. The van der Waals surface area contributed by atoms with Crippen LogP contribution in [0.2, 0.25) is 0 Å². The summed E-state index contributed by atoms with van der Waals surface area (Å²) in [6, 6.07) is 0. The van der Waals surface area contributed by atoms with Gasteiger partial charge in [-0.3, -0.25) is 0 Å². The maximum absolute atomic E-state index is 11.6. The molecule has 1 heterocycles. The number of aryl methyl sites for hydroxylation is 2. The molecular formula is C7H13N3O3S. The highest BCUT2D eigenvalue weighted by Gasteiger charge is 2.23. The lowest BCUT2D eigenvalue weighted by molar-refractivity contribution is 0.390. The van der Waals surface area contributed by atoms with Crippen molar-refractivity contribution < 1.29 is 12.9 Å². The minimum atomic E-state index is -3.53. The van der Waals surface area contributed by atoms with E-state index < -0.39 is 10.0 Å². The zero-order valence-corrected chi connectivity index (χ0v) is 8.89. The lowest BCUT2D eigenvalue weighted by Gasteiger charge is -2.03. The molecule has 0 radical (unpaired) electrons. The van der Waals surface area contributed by atoms with Gasteiger partial charge >= 0.3 is 0 Å². The largest absolute Gasteiger partial charge is 0.360 e. The Labute approximate surface area is 82.5 Å². The standard InChI is InChI=1S/C7H13N3O3S/c1-5-7(6(2)13-10-5)14(11,12)9-4-3-8/h9H,3-4,8H2,1-2H3. The van der Waals surface area contributed by atoms with E-state index in [1.807, 2.05) is 0 Å². The average Bonchev–Trinajstić information content (AvgIpc) is 2.43. The number of aromatic nitrogens is 1. The lowest BCUT2D eigenvalue weighted by atomic mass is 10.4. The number of nitrogens with zero attached hydrogens (tertiary/aromatic N) is 1. The van der Waals surface area contributed by atoms with Crippen LogP contribution >= 0.6 is 0 Å². The van der Waals surface area contributed by atoms with Gasteiger partial charge in [0.1, 0.15) is 10.6 Å². The van der Waals surface area contributed by atoms with E-state index in [0.717, 1.165) is 0 Å². The number of hydrogen-bond acceptors (Lipinski definition) is 5. The molecule has 0 spiro atoms. The second-order valence-electron chi connectivity index (χ2n) is 2.84. The number of sulfonamides is 1. The van der Waals surface area contributed by atoms with Crippen molar-refractivity contribution in [3.8, 4) is 0 Å². The van der Waals surface area contributed by atoms with E-state index in [1.54, 1.807) is 13.8 Å². The number of rotatable bonds is 4. The first-order valence-electron chi connectivity index (χ1n) is 4.11. The Morgan fingerprint density at radius 3 is 2.57 bits per heavy atom. The van der Waals surface area contributed by atoms with Gasteiger partial charge in [-0.15, -0.1) is 0 Å². The second kappa shape index (κ2) is 4.07. The monoisotopic (exact) mass is 219 g/mol. The van der Waals surface area contributed by atoms with Crippen molar-refractivity contribution in [2.24, 2.45) is 5.73 Å². The molecule has 1 aromatic rings. The van der Waals surface area contributed by atoms with Gasteiger partial charge in [0.25, 0.3) is 0 Å². The average molecular weight is 219 g/mol. The van der Waals surface area contributed by atoms with Crippen LogP contribution in [0.3, 0.4) is 0 Å². The van der Waals surface area contributed by atoms with E-state index in [4.69, 9.17) is 10.3 Å². The SMILES string of the molecule is Cc1noc(C)c1S(=O)(=O)NCCN. The third kappa shape index (κ3) is 2.11. The van der Waals surface area contributed by atoms with Gasteiger partial charge in [0.05, 0.1) is 0 Å². The molecule has 0 fully saturated rings. The van der Waals surface area contributed by atoms with Gasteiger partial charge in [0, 0.05) is 13.1 Å².